The van der Waals surface area contributed by atoms with Gasteiger partial charge in [0, 0.05) is 135 Å². The molecule has 8 aromatic heterocycles. The van der Waals surface area contributed by atoms with Gasteiger partial charge in [0.1, 0.15) is 52.4 Å². The molecule has 0 N–H and O–H groups in total. The van der Waals surface area contributed by atoms with Crippen LogP contribution in [0.15, 0.2) is 208 Å². The minimum atomic E-state index is -0.484. The molecule has 8 aliphatic heterocycles. The summed E-state index contributed by atoms with van der Waals surface area (Å²) < 4.78 is 61.5. The molecular formula is C99H99Cl2FN16O12. The van der Waals surface area contributed by atoms with Gasteiger partial charge in [-0.15, -0.1) is 0 Å². The molecule has 12 atom stereocenters. The van der Waals surface area contributed by atoms with Crippen LogP contribution in [0, 0.1) is 50.3 Å². The molecule has 16 heterocycles. The van der Waals surface area contributed by atoms with E-state index in [-0.39, 0.29) is 84.0 Å². The van der Waals surface area contributed by atoms with E-state index >= 15 is 0 Å². The van der Waals surface area contributed by atoms with Crippen molar-refractivity contribution in [3.05, 3.63) is 263 Å². The molecule has 24 rings (SSSR count). The van der Waals surface area contributed by atoms with E-state index in [9.17, 15) is 23.6 Å². The number of fused-ring (bicyclic) bond motifs is 12. The van der Waals surface area contributed by atoms with Crippen molar-refractivity contribution in [2.24, 2.45) is 23.7 Å². The van der Waals surface area contributed by atoms with Crippen LogP contribution in [0.4, 0.5) is 4.39 Å². The van der Waals surface area contributed by atoms with Crippen molar-refractivity contribution in [1.82, 2.24) is 79.4 Å². The Labute approximate surface area is 762 Å². The van der Waals surface area contributed by atoms with Crippen molar-refractivity contribution in [3.63, 3.8) is 0 Å². The first-order chi connectivity index (χ1) is 63.4. The molecule has 28 nitrogen and oxygen atoms in total. The zero-order valence-electron chi connectivity index (χ0n) is 73.1. The summed E-state index contributed by atoms with van der Waals surface area (Å²) in [6, 6.07) is 39.3. The predicted molar refractivity (Wildman–Crippen MR) is 484 cm³/mol. The second-order valence-electron chi connectivity index (χ2n) is 33.8. The van der Waals surface area contributed by atoms with Gasteiger partial charge in [0.25, 0.3) is 29.5 Å². The number of carbonyl (C=O) groups is 4. The molecule has 668 valence electrons. The molecule has 0 radical (unpaired) electrons. The number of amides is 4. The van der Waals surface area contributed by atoms with Crippen LogP contribution in [0.25, 0.3) is 45.6 Å². The number of aromatic nitrogens is 12. The first-order valence-corrected chi connectivity index (χ1v) is 44.6. The Bertz CT molecular complexity index is 5650. The van der Waals surface area contributed by atoms with Crippen LogP contribution in [0.2, 0.25) is 10.0 Å². The number of rotatable bonds is 20. The smallest absolute Gasteiger partial charge is 0.258 e. The highest BCUT2D eigenvalue weighted by Gasteiger charge is 2.50. The van der Waals surface area contributed by atoms with Gasteiger partial charge in [0.15, 0.2) is 29.1 Å². The van der Waals surface area contributed by atoms with Crippen LogP contribution in [-0.2, 0) is 0 Å². The number of ether oxygens (including phenoxy) is 8. The van der Waals surface area contributed by atoms with Gasteiger partial charge in [-0.1, -0.05) is 77.8 Å². The van der Waals surface area contributed by atoms with Gasteiger partial charge >= 0.3 is 0 Å². The Morgan fingerprint density at radius 2 is 0.631 bits per heavy atom. The molecule has 0 spiro atoms. The standard InChI is InChI=1S/C25H25ClN4O3.C25H25FN4O3.C25H26N4O3.C24H23ClN4O3/c2*1-15-11-18(26)24(29-13-15)33-21-12-16-7-8-19(21)30(14-16)25(31)22-17(5-3-6-20(22)32-2)23-27-9-4-10-28-23;1-16-7-10-22(28-14-16)32-21-13-17-8-9-19(21)29(15-17)25(30)23-18(5-3-6-20(23)31-2)24-26-11-4-12-27-24;1-31-19-5-2-4-17(23-26-10-3-11-27-23)22(19)24(30)29-14-15-6-8-18(29)20(12-15)32-21-9-7-16(25)13-28-21/h2*3-6,9-11,13,16,19,21H,7-8,12,14H2,1-2H3;3-7,10-12,14,17,19,21H,8-9,13,15H2,1-2H3;2-5,7,9-11,13,15,18,20H,6,8,12,14H2,1H3. The predicted octanol–water partition coefficient (Wildman–Crippen LogP) is 16.8. The molecule has 130 heavy (non-hydrogen) atoms. The topological polar surface area (TPSA) is 310 Å². The number of carbonyl (C=O) groups excluding carboxylic acids is 4. The fourth-order valence-electron chi connectivity index (χ4n) is 19.5. The molecule has 12 aliphatic rings. The number of piperidine rings is 8. The van der Waals surface area contributed by atoms with Crippen LogP contribution in [0.3, 0.4) is 0 Å². The average Bonchev–Trinajstić information content (AvgIpc) is 0.771. The maximum Gasteiger partial charge on any atom is 0.258 e. The molecule has 8 bridgehead atoms. The summed E-state index contributed by atoms with van der Waals surface area (Å²) in [6.45, 7) is 8.45. The van der Waals surface area contributed by atoms with Crippen molar-refractivity contribution < 1.29 is 61.5 Å². The minimum Gasteiger partial charge on any atom is -0.496 e. The van der Waals surface area contributed by atoms with E-state index in [2.05, 4.69) is 59.8 Å². The summed E-state index contributed by atoms with van der Waals surface area (Å²) in [5.74, 6) is 6.05. The van der Waals surface area contributed by atoms with Crippen LogP contribution in [0.5, 0.6) is 46.5 Å². The van der Waals surface area contributed by atoms with Gasteiger partial charge in [-0.25, -0.2) is 64.2 Å². The zero-order chi connectivity index (χ0) is 90.1. The molecule has 8 saturated heterocycles. The van der Waals surface area contributed by atoms with Gasteiger partial charge in [-0.05, 0) is 205 Å². The fourth-order valence-corrected chi connectivity index (χ4v) is 19.9. The molecule has 4 saturated carbocycles. The number of aryl methyl sites for hydroxylation is 3. The number of benzene rings is 4. The van der Waals surface area contributed by atoms with E-state index in [1.165, 1.54) is 6.07 Å². The van der Waals surface area contributed by atoms with E-state index in [1.807, 2.05) is 106 Å². The third-order valence-corrected chi connectivity index (χ3v) is 26.0. The van der Waals surface area contributed by atoms with Crippen LogP contribution < -0.4 is 37.9 Å². The SMILES string of the molecule is COc1cccc(-c2ncccn2)c1C(=O)N1CC2CCC1C(Oc1ccc(C)cn1)C2.COc1cccc(-c2ncccn2)c1C(=O)N1CC2CCC1C(Oc1ccc(Cl)cn1)C2.COc1cccc(-c2ncccn2)c1C(=O)N1CC2CCC1C(Oc1ncc(C)cc1Cl)C2.COc1cccc(-c2ncccn2)c1C(=O)N1CC2CCC1C(Oc1ncc(C)cc1F)C2. The first kappa shape index (κ1) is 88.6. The zero-order valence-corrected chi connectivity index (χ0v) is 74.6. The fraction of sp³-hybridized carbons (Fsp3) is 0.354. The molecule has 12 aromatic rings. The molecule has 4 aliphatic carbocycles. The lowest BCUT2D eigenvalue weighted by Crippen LogP contribution is -2.59. The lowest BCUT2D eigenvalue weighted by molar-refractivity contribution is -0.0327. The number of hydrogen-bond acceptors (Lipinski definition) is 24. The van der Waals surface area contributed by atoms with E-state index in [0.717, 1.165) is 100 Å². The van der Waals surface area contributed by atoms with Gasteiger partial charge in [0.2, 0.25) is 17.6 Å². The maximum absolute atomic E-state index is 14.4. The number of methoxy groups -OCH3 is 4. The van der Waals surface area contributed by atoms with E-state index in [1.54, 1.807) is 164 Å². The van der Waals surface area contributed by atoms with Crippen molar-refractivity contribution >= 4 is 46.8 Å². The van der Waals surface area contributed by atoms with Crippen LogP contribution >= 0.6 is 23.2 Å². The Hall–Kier alpha value is -13.4. The Balaban J connectivity index is 0.000000121. The van der Waals surface area contributed by atoms with Crippen molar-refractivity contribution in [3.8, 4) is 92.1 Å². The molecule has 4 aromatic carbocycles. The average molecular weight is 1790 g/mol. The summed E-state index contributed by atoms with van der Waals surface area (Å²) in [6.07, 6.45) is 30.6. The first-order valence-electron chi connectivity index (χ1n) is 43.8. The normalized spacial score (nSPS) is 21.8. The summed E-state index contributed by atoms with van der Waals surface area (Å²) in [7, 11) is 6.27. The number of pyridine rings is 4. The number of hydrogen-bond donors (Lipinski definition) is 0. The van der Waals surface area contributed by atoms with E-state index in [4.69, 9.17) is 61.1 Å². The second kappa shape index (κ2) is 40.1. The highest BCUT2D eigenvalue weighted by Crippen LogP contribution is 2.47. The van der Waals surface area contributed by atoms with E-state index < -0.39 is 5.82 Å². The van der Waals surface area contributed by atoms with Crippen LogP contribution in [0.1, 0.15) is 135 Å². The third-order valence-electron chi connectivity index (χ3n) is 25.5. The lowest BCUT2D eigenvalue weighted by Gasteiger charge is -2.49. The van der Waals surface area contributed by atoms with Gasteiger partial charge < -0.3 is 57.5 Å². The summed E-state index contributed by atoms with van der Waals surface area (Å²) in [5, 5.41) is 1.05. The van der Waals surface area contributed by atoms with E-state index in [0.29, 0.717) is 156 Å². The van der Waals surface area contributed by atoms with Gasteiger partial charge in [-0.3, -0.25) is 19.2 Å². The monoisotopic (exact) mass is 1790 g/mol. The quantitative estimate of drug-likeness (QED) is 0.0684. The molecular weight excluding hydrogens is 1700 g/mol. The van der Waals surface area contributed by atoms with Gasteiger partial charge in [-0.2, -0.15) is 0 Å². The van der Waals surface area contributed by atoms with Gasteiger partial charge in [0.05, 0.1) is 79.9 Å². The molecule has 4 amide bonds. The molecule has 31 heteroatoms. The Kier molecular flexibility index (Phi) is 27.3. The second-order valence-corrected chi connectivity index (χ2v) is 34.7. The lowest BCUT2D eigenvalue weighted by atomic mass is 9.77. The Morgan fingerprint density at radius 3 is 0.923 bits per heavy atom. The van der Waals surface area contributed by atoms with Crippen LogP contribution in [-0.4, -0.2) is 206 Å². The summed E-state index contributed by atoms with van der Waals surface area (Å²) in [4.78, 5) is 115. The third kappa shape index (κ3) is 19.3. The Morgan fingerprint density at radius 1 is 0.331 bits per heavy atom. The minimum absolute atomic E-state index is 0.00921. The maximum atomic E-state index is 14.4. The van der Waals surface area contributed by atoms with Crippen molar-refractivity contribution in [2.75, 3.05) is 54.6 Å². The molecule has 12 unspecified atom stereocenters. The summed E-state index contributed by atoms with van der Waals surface area (Å²) in [5.41, 5.74) is 7.29. The summed E-state index contributed by atoms with van der Waals surface area (Å²) >= 11 is 12.3. The largest absolute Gasteiger partial charge is 0.496 e. The van der Waals surface area contributed by atoms with Crippen molar-refractivity contribution in [1.29, 1.82) is 0 Å². The van der Waals surface area contributed by atoms with Crippen molar-refractivity contribution in [2.45, 2.75) is 146 Å². The highest BCUT2D eigenvalue weighted by molar-refractivity contribution is 6.32. The number of nitrogens with zero attached hydrogens (tertiary/aromatic N) is 16. The molecule has 12 fully saturated rings. The number of halogens is 3. The highest BCUT2D eigenvalue weighted by atomic mass is 35.5.